The zero-order valence-corrected chi connectivity index (χ0v) is 17.2. The van der Waals surface area contributed by atoms with E-state index in [1.807, 2.05) is 74.7 Å². The van der Waals surface area contributed by atoms with Crippen LogP contribution in [0.5, 0.6) is 5.75 Å². The standard InChI is InChI=1S/C22H25N3O2S/c1-4-27-19-11-9-18(10-12-19)24-22-25-20(14-28-22)16-5-7-17(8-6-16)23-21(26)13-15(2)3/h5-12,14-15H,4,13H2,1-3H3,(H,23,26)(H,24,25). The summed E-state index contributed by atoms with van der Waals surface area (Å²) in [6, 6.07) is 15.6. The van der Waals surface area contributed by atoms with Crippen LogP contribution in [0.15, 0.2) is 53.9 Å². The van der Waals surface area contributed by atoms with E-state index in [0.29, 0.717) is 18.9 Å². The largest absolute Gasteiger partial charge is 0.494 e. The molecule has 0 bridgehead atoms. The second kappa shape index (κ2) is 9.37. The van der Waals surface area contributed by atoms with Gasteiger partial charge in [-0.1, -0.05) is 26.0 Å². The maximum Gasteiger partial charge on any atom is 0.224 e. The lowest BCUT2D eigenvalue weighted by Crippen LogP contribution is -2.13. The van der Waals surface area contributed by atoms with E-state index in [0.717, 1.165) is 33.5 Å². The van der Waals surface area contributed by atoms with Crippen LogP contribution < -0.4 is 15.4 Å². The van der Waals surface area contributed by atoms with Crippen LogP contribution in [0.25, 0.3) is 11.3 Å². The molecule has 2 aromatic carbocycles. The van der Waals surface area contributed by atoms with E-state index >= 15 is 0 Å². The molecule has 5 nitrogen and oxygen atoms in total. The third kappa shape index (κ3) is 5.57. The number of aromatic nitrogens is 1. The van der Waals surface area contributed by atoms with Crippen LogP contribution in [0, 0.1) is 5.92 Å². The van der Waals surface area contributed by atoms with Crippen molar-refractivity contribution in [2.24, 2.45) is 5.92 Å². The molecule has 1 amide bonds. The van der Waals surface area contributed by atoms with Crippen LogP contribution >= 0.6 is 11.3 Å². The van der Waals surface area contributed by atoms with Gasteiger partial charge in [0.25, 0.3) is 0 Å². The normalized spacial score (nSPS) is 10.7. The summed E-state index contributed by atoms with van der Waals surface area (Å²) >= 11 is 1.55. The van der Waals surface area contributed by atoms with Gasteiger partial charge in [0.05, 0.1) is 12.3 Å². The quantitative estimate of drug-likeness (QED) is 0.496. The van der Waals surface area contributed by atoms with Crippen molar-refractivity contribution in [3.05, 3.63) is 53.9 Å². The first-order valence-corrected chi connectivity index (χ1v) is 10.3. The first-order chi connectivity index (χ1) is 13.5. The summed E-state index contributed by atoms with van der Waals surface area (Å²) in [5.74, 6) is 1.24. The van der Waals surface area contributed by atoms with Crippen LogP contribution in [0.4, 0.5) is 16.5 Å². The van der Waals surface area contributed by atoms with Gasteiger partial charge >= 0.3 is 0 Å². The van der Waals surface area contributed by atoms with Crippen molar-refractivity contribution >= 4 is 33.8 Å². The van der Waals surface area contributed by atoms with E-state index < -0.39 is 0 Å². The first-order valence-electron chi connectivity index (χ1n) is 9.39. The Hall–Kier alpha value is -2.86. The second-order valence-corrected chi connectivity index (χ2v) is 7.70. The molecule has 2 N–H and O–H groups in total. The maximum atomic E-state index is 11.9. The highest BCUT2D eigenvalue weighted by molar-refractivity contribution is 7.14. The first kappa shape index (κ1) is 19.9. The van der Waals surface area contributed by atoms with E-state index in [2.05, 4.69) is 15.6 Å². The fourth-order valence-corrected chi connectivity index (χ4v) is 3.44. The van der Waals surface area contributed by atoms with Gasteiger partial charge in [0.2, 0.25) is 5.91 Å². The van der Waals surface area contributed by atoms with Gasteiger partial charge in [0.15, 0.2) is 5.13 Å². The molecule has 0 spiro atoms. The van der Waals surface area contributed by atoms with Gasteiger partial charge in [-0.15, -0.1) is 11.3 Å². The van der Waals surface area contributed by atoms with Gasteiger partial charge in [-0.25, -0.2) is 4.98 Å². The fraction of sp³-hybridized carbons (Fsp3) is 0.273. The molecule has 0 aliphatic rings. The average molecular weight is 396 g/mol. The summed E-state index contributed by atoms with van der Waals surface area (Å²) in [6.45, 7) is 6.69. The maximum absolute atomic E-state index is 11.9. The monoisotopic (exact) mass is 395 g/mol. The molecule has 0 unspecified atom stereocenters. The smallest absolute Gasteiger partial charge is 0.224 e. The number of nitrogens with zero attached hydrogens (tertiary/aromatic N) is 1. The minimum absolute atomic E-state index is 0.0400. The highest BCUT2D eigenvalue weighted by atomic mass is 32.1. The molecular formula is C22H25N3O2S. The SMILES string of the molecule is CCOc1ccc(Nc2nc(-c3ccc(NC(=O)CC(C)C)cc3)cs2)cc1. The van der Waals surface area contributed by atoms with Crippen molar-refractivity contribution in [2.75, 3.05) is 17.2 Å². The Labute approximate surface area is 169 Å². The highest BCUT2D eigenvalue weighted by Gasteiger charge is 2.08. The minimum atomic E-state index is 0.0400. The third-order valence-corrected chi connectivity index (χ3v) is 4.74. The van der Waals surface area contributed by atoms with E-state index in [1.165, 1.54) is 0 Å². The third-order valence-electron chi connectivity index (χ3n) is 3.98. The second-order valence-electron chi connectivity index (χ2n) is 6.84. The number of hydrogen-bond donors (Lipinski definition) is 2. The van der Waals surface area contributed by atoms with E-state index in [4.69, 9.17) is 4.74 Å². The van der Waals surface area contributed by atoms with Crippen molar-refractivity contribution in [1.29, 1.82) is 0 Å². The minimum Gasteiger partial charge on any atom is -0.494 e. The lowest BCUT2D eigenvalue weighted by Gasteiger charge is -2.07. The molecule has 0 radical (unpaired) electrons. The van der Waals surface area contributed by atoms with Crippen molar-refractivity contribution < 1.29 is 9.53 Å². The zero-order chi connectivity index (χ0) is 19.9. The molecule has 0 aliphatic heterocycles. The lowest BCUT2D eigenvalue weighted by atomic mass is 10.1. The van der Waals surface area contributed by atoms with Crippen molar-refractivity contribution in [2.45, 2.75) is 27.2 Å². The molecule has 0 aliphatic carbocycles. The van der Waals surface area contributed by atoms with Gasteiger partial charge in [-0.2, -0.15) is 0 Å². The van der Waals surface area contributed by atoms with Crippen LogP contribution in [-0.4, -0.2) is 17.5 Å². The van der Waals surface area contributed by atoms with Gasteiger partial charge < -0.3 is 15.4 Å². The summed E-state index contributed by atoms with van der Waals surface area (Å²) in [6.07, 6.45) is 0.522. The molecule has 6 heteroatoms. The number of carbonyl (C=O) groups excluding carboxylic acids is 1. The van der Waals surface area contributed by atoms with Crippen molar-refractivity contribution in [1.82, 2.24) is 4.98 Å². The Morgan fingerprint density at radius 1 is 1.07 bits per heavy atom. The number of amides is 1. The van der Waals surface area contributed by atoms with Gasteiger partial charge in [0.1, 0.15) is 5.75 Å². The highest BCUT2D eigenvalue weighted by Crippen LogP contribution is 2.28. The van der Waals surface area contributed by atoms with E-state index in [1.54, 1.807) is 11.3 Å². The Bertz CT molecular complexity index is 902. The summed E-state index contributed by atoms with van der Waals surface area (Å²) in [5.41, 5.74) is 3.68. The Morgan fingerprint density at radius 3 is 2.39 bits per heavy atom. The molecular weight excluding hydrogens is 370 g/mol. The summed E-state index contributed by atoms with van der Waals surface area (Å²) < 4.78 is 5.46. The molecule has 0 saturated heterocycles. The van der Waals surface area contributed by atoms with Gasteiger partial charge in [-0.3, -0.25) is 4.79 Å². The predicted molar refractivity (Wildman–Crippen MR) is 117 cm³/mol. The molecule has 1 heterocycles. The molecule has 0 fully saturated rings. The molecule has 0 saturated carbocycles. The number of benzene rings is 2. The number of hydrogen-bond acceptors (Lipinski definition) is 5. The number of anilines is 3. The van der Waals surface area contributed by atoms with Crippen LogP contribution in [0.1, 0.15) is 27.2 Å². The summed E-state index contributed by atoms with van der Waals surface area (Å²) in [7, 11) is 0. The van der Waals surface area contributed by atoms with Crippen molar-refractivity contribution in [3.63, 3.8) is 0 Å². The Balaban J connectivity index is 1.62. The number of ether oxygens (including phenoxy) is 1. The number of thiazole rings is 1. The number of nitrogens with one attached hydrogen (secondary N) is 2. The zero-order valence-electron chi connectivity index (χ0n) is 16.4. The molecule has 146 valence electrons. The molecule has 3 aromatic rings. The van der Waals surface area contributed by atoms with Gasteiger partial charge in [-0.05, 0) is 49.2 Å². The molecule has 0 atom stereocenters. The molecule has 3 rings (SSSR count). The van der Waals surface area contributed by atoms with E-state index in [-0.39, 0.29) is 5.91 Å². The number of rotatable bonds is 8. The van der Waals surface area contributed by atoms with Crippen molar-refractivity contribution in [3.8, 4) is 17.0 Å². The molecule has 1 aromatic heterocycles. The van der Waals surface area contributed by atoms with Gasteiger partial charge in [0, 0.05) is 28.7 Å². The van der Waals surface area contributed by atoms with Crippen LogP contribution in [0.2, 0.25) is 0 Å². The predicted octanol–water partition coefficient (Wildman–Crippen LogP) is 5.94. The summed E-state index contributed by atoms with van der Waals surface area (Å²) in [5, 5.41) is 9.08. The Morgan fingerprint density at radius 2 is 1.75 bits per heavy atom. The fourth-order valence-electron chi connectivity index (χ4n) is 2.70. The summed E-state index contributed by atoms with van der Waals surface area (Å²) in [4.78, 5) is 16.5. The lowest BCUT2D eigenvalue weighted by molar-refractivity contribution is -0.116. The topological polar surface area (TPSA) is 63.2 Å². The van der Waals surface area contributed by atoms with Crippen LogP contribution in [0.3, 0.4) is 0 Å². The molecule has 28 heavy (non-hydrogen) atoms. The van der Waals surface area contributed by atoms with E-state index in [9.17, 15) is 4.79 Å². The average Bonchev–Trinajstić information content (AvgIpc) is 3.12. The van der Waals surface area contributed by atoms with Crippen LogP contribution in [-0.2, 0) is 4.79 Å². The number of carbonyl (C=O) groups is 1. The Kier molecular flexibility index (Phi) is 6.66.